The number of aryl methyl sites for hydroxylation is 1. The number of hydrogen-bond acceptors (Lipinski definition) is 5. The molecule has 0 aliphatic heterocycles. The summed E-state index contributed by atoms with van der Waals surface area (Å²) in [5, 5.41) is 6.93. The highest BCUT2D eigenvalue weighted by Crippen LogP contribution is 2.25. The molecule has 1 N–H and O–H groups in total. The number of nitrogens with zero attached hydrogens (tertiary/aromatic N) is 2. The van der Waals surface area contributed by atoms with E-state index in [1.165, 1.54) is 6.07 Å². The molecule has 0 fully saturated rings. The van der Waals surface area contributed by atoms with Crippen molar-refractivity contribution in [3.8, 4) is 11.5 Å². The van der Waals surface area contributed by atoms with Crippen LogP contribution in [0, 0.1) is 11.6 Å². The van der Waals surface area contributed by atoms with Crippen LogP contribution >= 0.6 is 0 Å². The number of rotatable bonds is 4. The molecule has 0 radical (unpaired) electrons. The Labute approximate surface area is 148 Å². The molecule has 1 aliphatic carbocycles. The van der Waals surface area contributed by atoms with E-state index in [4.69, 9.17) is 4.52 Å². The van der Waals surface area contributed by atoms with Crippen LogP contribution in [0.3, 0.4) is 0 Å². The van der Waals surface area contributed by atoms with Gasteiger partial charge in [-0.2, -0.15) is 4.98 Å². The van der Waals surface area contributed by atoms with Crippen LogP contribution < -0.4 is 5.32 Å². The zero-order chi connectivity index (χ0) is 18.1. The summed E-state index contributed by atoms with van der Waals surface area (Å²) in [5.41, 5.74) is 2.65. The van der Waals surface area contributed by atoms with Gasteiger partial charge in [-0.15, -0.1) is 0 Å². The molecular formula is C19H15F2N3O2. The first-order valence-electron chi connectivity index (χ1n) is 8.28. The minimum atomic E-state index is -0.763. The Morgan fingerprint density at radius 2 is 1.96 bits per heavy atom. The van der Waals surface area contributed by atoms with Crippen LogP contribution in [0.4, 0.5) is 14.5 Å². The van der Waals surface area contributed by atoms with Crippen molar-refractivity contribution in [3.63, 3.8) is 0 Å². The summed E-state index contributed by atoms with van der Waals surface area (Å²) in [7, 11) is 0. The van der Waals surface area contributed by atoms with E-state index < -0.39 is 11.6 Å². The topological polar surface area (TPSA) is 68.0 Å². The maximum atomic E-state index is 13.8. The molecule has 0 saturated carbocycles. The highest BCUT2D eigenvalue weighted by Gasteiger charge is 2.18. The smallest absolute Gasteiger partial charge is 0.260 e. The number of aromatic nitrogens is 2. The minimum absolute atomic E-state index is 0.0140. The number of Topliss-reactive ketones (excluding diaryl/α,β-unsaturated/α-hetero) is 1. The van der Waals surface area contributed by atoms with E-state index in [9.17, 15) is 13.6 Å². The first-order chi connectivity index (χ1) is 12.6. The lowest BCUT2D eigenvalue weighted by Gasteiger charge is -2.15. The summed E-state index contributed by atoms with van der Waals surface area (Å²) < 4.78 is 31.8. The fourth-order valence-electron chi connectivity index (χ4n) is 3.02. The number of benzene rings is 2. The second kappa shape index (κ2) is 6.67. The third-order valence-corrected chi connectivity index (χ3v) is 4.34. The second-order valence-electron chi connectivity index (χ2n) is 6.14. The van der Waals surface area contributed by atoms with E-state index in [2.05, 4.69) is 15.5 Å². The standard InChI is InChI=1S/C19H15F2N3O2/c20-12-5-7-14(16(21)8-12)19-23-18(24-26-19)10-22-13-6-4-11-2-1-3-17(25)15(11)9-13/h4-9,22H,1-3,10H2. The lowest BCUT2D eigenvalue weighted by atomic mass is 9.90. The molecule has 1 heterocycles. The van der Waals surface area contributed by atoms with Gasteiger partial charge in [-0.1, -0.05) is 11.2 Å². The van der Waals surface area contributed by atoms with Gasteiger partial charge in [-0.25, -0.2) is 8.78 Å². The summed E-state index contributed by atoms with van der Waals surface area (Å²) in [6, 6.07) is 8.83. The Kier molecular flexibility index (Phi) is 4.20. The molecule has 0 unspecified atom stereocenters. The van der Waals surface area contributed by atoms with Crippen molar-refractivity contribution in [2.45, 2.75) is 25.8 Å². The molecule has 7 heteroatoms. The van der Waals surface area contributed by atoms with E-state index in [1.54, 1.807) is 0 Å². The van der Waals surface area contributed by atoms with Crippen LogP contribution in [0.5, 0.6) is 0 Å². The maximum Gasteiger partial charge on any atom is 0.260 e. The van der Waals surface area contributed by atoms with Crippen LogP contribution in [-0.2, 0) is 13.0 Å². The van der Waals surface area contributed by atoms with Crippen LogP contribution in [0.1, 0.15) is 34.6 Å². The number of hydrogen-bond donors (Lipinski definition) is 1. The summed E-state index contributed by atoms with van der Waals surface area (Å²) in [5.74, 6) is -0.966. The van der Waals surface area contributed by atoms with Gasteiger partial charge in [0.05, 0.1) is 12.1 Å². The van der Waals surface area contributed by atoms with Crippen LogP contribution in [-0.4, -0.2) is 15.9 Å². The number of ketones is 1. The van der Waals surface area contributed by atoms with Crippen LogP contribution in [0.2, 0.25) is 0 Å². The molecular weight excluding hydrogens is 340 g/mol. The Morgan fingerprint density at radius 1 is 1.08 bits per heavy atom. The Morgan fingerprint density at radius 3 is 2.81 bits per heavy atom. The molecule has 3 aromatic rings. The van der Waals surface area contributed by atoms with Gasteiger partial charge in [0.2, 0.25) is 0 Å². The lowest BCUT2D eigenvalue weighted by Crippen LogP contribution is -2.11. The predicted octanol–water partition coefficient (Wildman–Crippen LogP) is 4.15. The minimum Gasteiger partial charge on any atom is -0.378 e. The number of carbonyl (C=O) groups is 1. The number of nitrogens with one attached hydrogen (secondary N) is 1. The van der Waals surface area contributed by atoms with Crippen molar-refractivity contribution in [1.82, 2.24) is 10.1 Å². The number of fused-ring (bicyclic) bond motifs is 1. The van der Waals surface area contributed by atoms with Crippen molar-refractivity contribution >= 4 is 11.5 Å². The summed E-state index contributed by atoms with van der Waals surface area (Å²) in [6.07, 6.45) is 2.39. The molecule has 0 bridgehead atoms. The summed E-state index contributed by atoms with van der Waals surface area (Å²) in [6.45, 7) is 0.249. The van der Waals surface area contributed by atoms with Gasteiger partial charge >= 0.3 is 0 Å². The number of carbonyl (C=O) groups excluding carboxylic acids is 1. The molecule has 0 saturated heterocycles. The van der Waals surface area contributed by atoms with Crippen LogP contribution in [0.25, 0.3) is 11.5 Å². The van der Waals surface area contributed by atoms with Gasteiger partial charge in [0.1, 0.15) is 11.6 Å². The monoisotopic (exact) mass is 355 g/mol. The molecule has 4 rings (SSSR count). The number of anilines is 1. The number of halogens is 2. The average molecular weight is 355 g/mol. The molecule has 132 valence electrons. The lowest BCUT2D eigenvalue weighted by molar-refractivity contribution is 0.0972. The summed E-state index contributed by atoms with van der Waals surface area (Å²) >= 11 is 0. The van der Waals surface area contributed by atoms with Crippen molar-refractivity contribution in [1.29, 1.82) is 0 Å². The molecule has 1 aliphatic rings. The maximum absolute atomic E-state index is 13.8. The van der Waals surface area contributed by atoms with Gasteiger partial charge < -0.3 is 9.84 Å². The molecule has 1 aromatic heterocycles. The fraction of sp³-hybridized carbons (Fsp3) is 0.211. The van der Waals surface area contributed by atoms with E-state index in [0.29, 0.717) is 12.2 Å². The van der Waals surface area contributed by atoms with E-state index in [0.717, 1.165) is 41.8 Å². The van der Waals surface area contributed by atoms with Gasteiger partial charge in [0.25, 0.3) is 5.89 Å². The van der Waals surface area contributed by atoms with E-state index in [-0.39, 0.29) is 23.8 Å². The average Bonchev–Trinajstić information content (AvgIpc) is 3.09. The fourth-order valence-corrected chi connectivity index (χ4v) is 3.02. The highest BCUT2D eigenvalue weighted by molar-refractivity contribution is 5.99. The Hall–Kier alpha value is -3.09. The largest absolute Gasteiger partial charge is 0.378 e. The molecule has 2 aromatic carbocycles. The van der Waals surface area contributed by atoms with E-state index >= 15 is 0 Å². The molecule has 0 amide bonds. The zero-order valence-corrected chi connectivity index (χ0v) is 13.8. The SMILES string of the molecule is O=C1CCCc2ccc(NCc3noc(-c4ccc(F)cc4F)n3)cc21. The normalized spacial score (nSPS) is 13.5. The van der Waals surface area contributed by atoms with Gasteiger partial charge in [0, 0.05) is 23.7 Å². The Balaban J connectivity index is 1.48. The third-order valence-electron chi connectivity index (χ3n) is 4.34. The first-order valence-corrected chi connectivity index (χ1v) is 8.28. The highest BCUT2D eigenvalue weighted by atomic mass is 19.1. The van der Waals surface area contributed by atoms with Gasteiger partial charge in [-0.3, -0.25) is 4.79 Å². The van der Waals surface area contributed by atoms with Crippen LogP contribution in [0.15, 0.2) is 40.9 Å². The van der Waals surface area contributed by atoms with Gasteiger partial charge in [0.15, 0.2) is 11.6 Å². The molecule has 0 atom stereocenters. The summed E-state index contributed by atoms with van der Waals surface area (Å²) in [4.78, 5) is 16.1. The van der Waals surface area contributed by atoms with E-state index in [1.807, 2.05) is 18.2 Å². The first kappa shape index (κ1) is 16.4. The van der Waals surface area contributed by atoms with Crippen molar-refractivity contribution in [2.24, 2.45) is 0 Å². The molecule has 26 heavy (non-hydrogen) atoms. The Bertz CT molecular complexity index is 985. The van der Waals surface area contributed by atoms with Crippen molar-refractivity contribution in [2.75, 3.05) is 5.32 Å². The predicted molar refractivity (Wildman–Crippen MR) is 90.7 cm³/mol. The quantitative estimate of drug-likeness (QED) is 0.762. The van der Waals surface area contributed by atoms with Gasteiger partial charge in [-0.05, 0) is 42.7 Å². The molecule has 5 nitrogen and oxygen atoms in total. The second-order valence-corrected chi connectivity index (χ2v) is 6.14. The van der Waals surface area contributed by atoms with Crippen molar-refractivity contribution in [3.05, 3.63) is 65.0 Å². The zero-order valence-electron chi connectivity index (χ0n) is 13.8. The van der Waals surface area contributed by atoms with Crippen molar-refractivity contribution < 1.29 is 18.1 Å². The third kappa shape index (κ3) is 3.20. The molecule has 0 spiro atoms.